The third-order valence-electron chi connectivity index (χ3n) is 3.39. The number of halogens is 3. The Morgan fingerprint density at radius 2 is 1.48 bits per heavy atom. The van der Waals surface area contributed by atoms with E-state index in [-0.39, 0.29) is 10.6 Å². The molecule has 0 saturated carbocycles. The van der Waals surface area contributed by atoms with Gasteiger partial charge in [0.2, 0.25) is 5.95 Å². The summed E-state index contributed by atoms with van der Waals surface area (Å²) in [6, 6.07) is 3.26. The second-order valence-corrected chi connectivity index (χ2v) is 7.27. The van der Waals surface area contributed by atoms with Crippen LogP contribution in [0, 0.1) is 13.8 Å². The molecule has 0 aliphatic carbocycles. The fraction of sp³-hybridized carbons (Fsp3) is 0.333. The minimum absolute atomic E-state index is 0.200. The molecule has 2 rings (SSSR count). The molecule has 1 N–H and O–H groups in total. The maximum absolute atomic E-state index is 12.6. The minimum Gasteiger partial charge on any atom is -0.347 e. The molecule has 10 heteroatoms. The van der Waals surface area contributed by atoms with Crippen molar-refractivity contribution in [3.05, 3.63) is 41.2 Å². The largest absolute Gasteiger partial charge is 0.416 e. The van der Waals surface area contributed by atoms with Crippen LogP contribution in [0.1, 0.15) is 17.0 Å². The topological polar surface area (TPSA) is 75.2 Å². The summed E-state index contributed by atoms with van der Waals surface area (Å²) in [7, 11) is -0.564. The highest BCUT2D eigenvalue weighted by molar-refractivity contribution is 7.92. The van der Waals surface area contributed by atoms with Crippen LogP contribution in [0.3, 0.4) is 0 Å². The van der Waals surface area contributed by atoms with E-state index in [2.05, 4.69) is 14.7 Å². The van der Waals surface area contributed by atoms with Gasteiger partial charge in [-0.05, 0) is 38.1 Å². The van der Waals surface area contributed by atoms with Gasteiger partial charge in [0.05, 0.1) is 27.5 Å². The number of hydrogen-bond donors (Lipinski definition) is 1. The number of hydrogen-bond acceptors (Lipinski definition) is 5. The Kier molecular flexibility index (Phi) is 4.94. The van der Waals surface area contributed by atoms with Crippen LogP contribution in [0.5, 0.6) is 0 Å². The van der Waals surface area contributed by atoms with Gasteiger partial charge in [0, 0.05) is 14.1 Å². The maximum atomic E-state index is 12.6. The lowest BCUT2D eigenvalue weighted by atomic mass is 10.2. The van der Waals surface area contributed by atoms with E-state index in [4.69, 9.17) is 0 Å². The van der Waals surface area contributed by atoms with Crippen LogP contribution < -0.4 is 9.62 Å². The zero-order valence-electron chi connectivity index (χ0n) is 14.0. The molecule has 0 atom stereocenters. The molecule has 2 aromatic rings. The van der Waals surface area contributed by atoms with Crippen molar-refractivity contribution in [3.63, 3.8) is 0 Å². The van der Waals surface area contributed by atoms with Gasteiger partial charge >= 0.3 is 6.18 Å². The molecule has 25 heavy (non-hydrogen) atoms. The predicted molar refractivity (Wildman–Crippen MR) is 88.1 cm³/mol. The Bertz CT molecular complexity index is 856. The van der Waals surface area contributed by atoms with Crippen LogP contribution in [-0.4, -0.2) is 32.5 Å². The van der Waals surface area contributed by atoms with Crippen LogP contribution in [0.4, 0.5) is 24.8 Å². The number of rotatable bonds is 4. The van der Waals surface area contributed by atoms with Crippen molar-refractivity contribution in [2.75, 3.05) is 23.7 Å². The van der Waals surface area contributed by atoms with Gasteiger partial charge in [0.25, 0.3) is 10.0 Å². The molecule has 0 amide bonds. The van der Waals surface area contributed by atoms with Gasteiger partial charge in [0.15, 0.2) is 0 Å². The van der Waals surface area contributed by atoms with Gasteiger partial charge in [-0.3, -0.25) is 4.72 Å². The van der Waals surface area contributed by atoms with Gasteiger partial charge in [-0.1, -0.05) is 0 Å². The number of nitrogens with one attached hydrogen (secondary N) is 1. The van der Waals surface area contributed by atoms with E-state index >= 15 is 0 Å². The summed E-state index contributed by atoms with van der Waals surface area (Å²) >= 11 is 0. The SMILES string of the molecule is Cc1nc(N(C)C)nc(C)c1NS(=O)(=O)c1ccc(C(F)(F)F)cc1. The zero-order valence-corrected chi connectivity index (χ0v) is 14.8. The van der Waals surface area contributed by atoms with Crippen LogP contribution >= 0.6 is 0 Å². The molecule has 0 unspecified atom stereocenters. The molecule has 6 nitrogen and oxygen atoms in total. The normalized spacial score (nSPS) is 12.1. The first-order chi connectivity index (χ1) is 11.4. The molecular weight excluding hydrogens is 357 g/mol. The fourth-order valence-electron chi connectivity index (χ4n) is 2.06. The first-order valence-electron chi connectivity index (χ1n) is 7.14. The number of anilines is 2. The third kappa shape index (κ3) is 4.19. The average molecular weight is 374 g/mol. The molecular formula is C15H17F3N4O2S. The quantitative estimate of drug-likeness (QED) is 0.891. The molecule has 0 bridgehead atoms. The third-order valence-corrected chi connectivity index (χ3v) is 4.75. The number of sulfonamides is 1. The van der Waals surface area contributed by atoms with Crippen LogP contribution in [0.2, 0.25) is 0 Å². The van der Waals surface area contributed by atoms with Gasteiger partial charge in [0.1, 0.15) is 0 Å². The summed E-state index contributed by atoms with van der Waals surface area (Å²) < 4.78 is 65.0. The van der Waals surface area contributed by atoms with E-state index in [9.17, 15) is 21.6 Å². The van der Waals surface area contributed by atoms with Crippen LogP contribution in [0.15, 0.2) is 29.2 Å². The summed E-state index contributed by atoms with van der Waals surface area (Å²) in [5.41, 5.74) is 0.0985. The van der Waals surface area contributed by atoms with E-state index in [0.29, 0.717) is 17.3 Å². The van der Waals surface area contributed by atoms with Crippen molar-refractivity contribution < 1.29 is 21.6 Å². The lowest BCUT2D eigenvalue weighted by Crippen LogP contribution is -2.19. The maximum Gasteiger partial charge on any atom is 0.416 e. The Morgan fingerprint density at radius 1 is 1.00 bits per heavy atom. The number of alkyl halides is 3. The zero-order chi connectivity index (χ0) is 19.0. The van der Waals surface area contributed by atoms with Gasteiger partial charge in [-0.15, -0.1) is 0 Å². The molecule has 0 saturated heterocycles. The molecule has 0 spiro atoms. The Labute approximate surface area is 143 Å². The number of benzene rings is 1. The highest BCUT2D eigenvalue weighted by atomic mass is 32.2. The standard InChI is InChI=1S/C15H17F3N4O2S/c1-9-13(10(2)20-14(19-9)22(3)4)21-25(23,24)12-7-5-11(6-8-12)15(16,17)18/h5-8,21H,1-4H3. The second-order valence-electron chi connectivity index (χ2n) is 5.59. The smallest absolute Gasteiger partial charge is 0.347 e. The Balaban J connectivity index is 2.36. The predicted octanol–water partition coefficient (Wildman–Crippen LogP) is 2.98. The number of aryl methyl sites for hydroxylation is 2. The highest BCUT2D eigenvalue weighted by Gasteiger charge is 2.30. The summed E-state index contributed by atoms with van der Waals surface area (Å²) in [5, 5.41) is 0. The molecule has 1 heterocycles. The second kappa shape index (κ2) is 6.51. The molecule has 0 fully saturated rings. The van der Waals surface area contributed by atoms with Crippen molar-refractivity contribution >= 4 is 21.7 Å². The monoisotopic (exact) mass is 374 g/mol. The van der Waals surface area contributed by atoms with Gasteiger partial charge in [-0.25, -0.2) is 18.4 Å². The van der Waals surface area contributed by atoms with E-state index in [1.165, 1.54) is 0 Å². The summed E-state index contributed by atoms with van der Waals surface area (Å²) in [5.74, 6) is 0.424. The number of aromatic nitrogens is 2. The fourth-order valence-corrected chi connectivity index (χ4v) is 3.24. The van der Waals surface area contributed by atoms with Gasteiger partial charge < -0.3 is 4.90 Å². The molecule has 136 valence electrons. The summed E-state index contributed by atoms with van der Waals surface area (Å²) in [6.45, 7) is 3.23. The Morgan fingerprint density at radius 3 is 1.88 bits per heavy atom. The molecule has 0 radical (unpaired) electrons. The summed E-state index contributed by atoms with van der Waals surface area (Å²) in [4.78, 5) is 9.79. The minimum atomic E-state index is -4.53. The van der Waals surface area contributed by atoms with E-state index in [1.54, 1.807) is 32.8 Å². The van der Waals surface area contributed by atoms with Crippen molar-refractivity contribution in [2.45, 2.75) is 24.9 Å². The van der Waals surface area contributed by atoms with Crippen molar-refractivity contribution in [3.8, 4) is 0 Å². The van der Waals surface area contributed by atoms with Crippen LogP contribution in [-0.2, 0) is 16.2 Å². The first-order valence-corrected chi connectivity index (χ1v) is 8.63. The van der Waals surface area contributed by atoms with Gasteiger partial charge in [-0.2, -0.15) is 13.2 Å². The molecule has 1 aromatic carbocycles. The van der Waals surface area contributed by atoms with Crippen molar-refractivity contribution in [1.29, 1.82) is 0 Å². The van der Waals surface area contributed by atoms with Crippen molar-refractivity contribution in [2.24, 2.45) is 0 Å². The molecule has 1 aromatic heterocycles. The number of nitrogens with zero attached hydrogens (tertiary/aromatic N) is 3. The lowest BCUT2D eigenvalue weighted by molar-refractivity contribution is -0.137. The van der Waals surface area contributed by atoms with Crippen LogP contribution in [0.25, 0.3) is 0 Å². The molecule has 0 aliphatic rings. The van der Waals surface area contributed by atoms with E-state index < -0.39 is 21.8 Å². The van der Waals surface area contributed by atoms with Crippen molar-refractivity contribution in [1.82, 2.24) is 9.97 Å². The average Bonchev–Trinajstić information content (AvgIpc) is 2.50. The summed E-state index contributed by atoms with van der Waals surface area (Å²) in [6.07, 6.45) is -4.53. The highest BCUT2D eigenvalue weighted by Crippen LogP contribution is 2.30. The lowest BCUT2D eigenvalue weighted by Gasteiger charge is -2.16. The Hall–Kier alpha value is -2.36. The van der Waals surface area contributed by atoms with E-state index in [1.807, 2.05) is 0 Å². The molecule has 0 aliphatic heterocycles. The first kappa shape index (κ1) is 19.0. The van der Waals surface area contributed by atoms with E-state index in [0.717, 1.165) is 24.3 Å².